The van der Waals surface area contributed by atoms with E-state index in [9.17, 15) is 0 Å². The smallest absolute Gasteiger partial charge is 0.226 e. The summed E-state index contributed by atoms with van der Waals surface area (Å²) < 4.78 is 10.9. The van der Waals surface area contributed by atoms with E-state index in [2.05, 4.69) is 39.7 Å². The highest BCUT2D eigenvalue weighted by atomic mass is 127. The molecule has 0 aliphatic rings. The van der Waals surface area contributed by atoms with Crippen LogP contribution in [0.15, 0.2) is 64.2 Å². The Morgan fingerprint density at radius 1 is 1.03 bits per heavy atom. The van der Waals surface area contributed by atoms with Gasteiger partial charge in [0.2, 0.25) is 5.89 Å². The first-order valence-corrected chi connectivity index (χ1v) is 9.21. The van der Waals surface area contributed by atoms with Gasteiger partial charge in [0.15, 0.2) is 5.96 Å². The fourth-order valence-corrected chi connectivity index (χ4v) is 2.82. The molecule has 3 aromatic rings. The van der Waals surface area contributed by atoms with E-state index in [1.807, 2.05) is 36.4 Å². The summed E-state index contributed by atoms with van der Waals surface area (Å²) >= 11 is 0. The molecule has 0 aliphatic heterocycles. The lowest BCUT2D eigenvalue weighted by Gasteiger charge is -2.13. The second kappa shape index (κ2) is 11.6. The molecule has 0 radical (unpaired) electrons. The van der Waals surface area contributed by atoms with Crippen molar-refractivity contribution in [2.24, 2.45) is 4.99 Å². The molecular formula is C22H27IN4O2. The summed E-state index contributed by atoms with van der Waals surface area (Å²) in [5, 5.41) is 6.59. The van der Waals surface area contributed by atoms with E-state index in [0.717, 1.165) is 16.8 Å². The molecule has 7 heteroatoms. The van der Waals surface area contributed by atoms with Crippen molar-refractivity contribution in [3.8, 4) is 11.5 Å². The number of aryl methyl sites for hydroxylation is 1. The zero-order valence-corrected chi connectivity index (χ0v) is 19.3. The van der Waals surface area contributed by atoms with Gasteiger partial charge in [-0.1, -0.05) is 42.0 Å². The van der Waals surface area contributed by atoms with Crippen molar-refractivity contribution in [3.05, 3.63) is 77.2 Å². The monoisotopic (exact) mass is 506 g/mol. The molecule has 6 nitrogen and oxygen atoms in total. The van der Waals surface area contributed by atoms with Crippen LogP contribution in [0.4, 0.5) is 0 Å². The summed E-state index contributed by atoms with van der Waals surface area (Å²) in [4.78, 5) is 8.82. The maximum atomic E-state index is 5.60. The number of guanidine groups is 1. The Balaban J connectivity index is 0.00000300. The first-order valence-electron chi connectivity index (χ1n) is 9.21. The molecule has 2 aromatic carbocycles. The maximum absolute atomic E-state index is 5.60. The molecule has 0 saturated carbocycles. The number of rotatable bonds is 7. The summed E-state index contributed by atoms with van der Waals surface area (Å²) in [6.07, 6.45) is 1.67. The van der Waals surface area contributed by atoms with Crippen LogP contribution in [0.3, 0.4) is 0 Å². The number of benzene rings is 2. The number of ether oxygens (including phenoxy) is 1. The minimum atomic E-state index is 0. The Labute approximate surface area is 188 Å². The van der Waals surface area contributed by atoms with E-state index in [0.29, 0.717) is 31.5 Å². The highest BCUT2D eigenvalue weighted by Crippen LogP contribution is 2.19. The number of hydrogen-bond acceptors (Lipinski definition) is 4. The van der Waals surface area contributed by atoms with Gasteiger partial charge in [0.1, 0.15) is 6.26 Å². The first-order chi connectivity index (χ1) is 13.7. The fourth-order valence-electron chi connectivity index (χ4n) is 2.82. The Morgan fingerprint density at radius 3 is 2.41 bits per heavy atom. The van der Waals surface area contributed by atoms with Crippen molar-refractivity contribution >= 4 is 29.9 Å². The predicted octanol–water partition coefficient (Wildman–Crippen LogP) is 4.28. The van der Waals surface area contributed by atoms with Crippen LogP contribution in [-0.2, 0) is 24.4 Å². The van der Waals surface area contributed by atoms with Crippen molar-refractivity contribution in [1.82, 2.24) is 15.6 Å². The third-order valence-electron chi connectivity index (χ3n) is 4.38. The molecule has 0 bridgehead atoms. The summed E-state index contributed by atoms with van der Waals surface area (Å²) in [6, 6.07) is 16.3. The lowest BCUT2D eigenvalue weighted by molar-refractivity contribution is 0.184. The summed E-state index contributed by atoms with van der Waals surface area (Å²) in [5.41, 5.74) is 5.33. The molecule has 1 heterocycles. The Morgan fingerprint density at radius 2 is 1.72 bits per heavy atom. The maximum Gasteiger partial charge on any atom is 0.226 e. The number of aliphatic imine (C=N–C) groups is 1. The average Bonchev–Trinajstić information content (AvgIpc) is 3.19. The van der Waals surface area contributed by atoms with Gasteiger partial charge in [0, 0.05) is 26.3 Å². The molecule has 0 amide bonds. The SMILES string of the molecule is CN=C(NCc1coc(-c2ccc(C)cc2)n1)NCc1ccccc1COC.I. The molecule has 0 spiro atoms. The van der Waals surface area contributed by atoms with E-state index in [4.69, 9.17) is 9.15 Å². The van der Waals surface area contributed by atoms with Crippen LogP contribution < -0.4 is 10.6 Å². The van der Waals surface area contributed by atoms with Crippen molar-refractivity contribution in [2.75, 3.05) is 14.2 Å². The average molecular weight is 506 g/mol. The van der Waals surface area contributed by atoms with Crippen LogP contribution in [0.2, 0.25) is 0 Å². The number of nitrogens with zero attached hydrogens (tertiary/aromatic N) is 2. The lowest BCUT2D eigenvalue weighted by Crippen LogP contribution is -2.36. The van der Waals surface area contributed by atoms with Gasteiger partial charge >= 0.3 is 0 Å². The number of nitrogens with one attached hydrogen (secondary N) is 2. The topological polar surface area (TPSA) is 71.7 Å². The van der Waals surface area contributed by atoms with Gasteiger partial charge < -0.3 is 19.8 Å². The second-order valence-electron chi connectivity index (χ2n) is 6.49. The first kappa shape index (κ1) is 22.9. The van der Waals surface area contributed by atoms with E-state index < -0.39 is 0 Å². The van der Waals surface area contributed by atoms with E-state index in [1.54, 1.807) is 20.4 Å². The normalized spacial score (nSPS) is 11.1. The van der Waals surface area contributed by atoms with Crippen molar-refractivity contribution in [2.45, 2.75) is 26.6 Å². The Kier molecular flexibility index (Phi) is 9.14. The van der Waals surface area contributed by atoms with Crippen LogP contribution in [0, 0.1) is 6.92 Å². The molecule has 29 heavy (non-hydrogen) atoms. The number of hydrogen-bond donors (Lipinski definition) is 2. The van der Waals surface area contributed by atoms with Crippen LogP contribution in [0.5, 0.6) is 0 Å². The van der Waals surface area contributed by atoms with E-state index in [1.165, 1.54) is 11.1 Å². The summed E-state index contributed by atoms with van der Waals surface area (Å²) in [5.74, 6) is 1.32. The summed E-state index contributed by atoms with van der Waals surface area (Å²) in [6.45, 7) is 3.83. The molecule has 0 saturated heterocycles. The molecule has 1 aromatic heterocycles. The molecule has 0 atom stereocenters. The highest BCUT2D eigenvalue weighted by molar-refractivity contribution is 14.0. The van der Waals surface area contributed by atoms with Gasteiger partial charge in [0.05, 0.1) is 18.8 Å². The Hall–Kier alpha value is -2.39. The standard InChI is InChI=1S/C22H26N4O2.HI/c1-16-8-10-17(11-9-16)21-26-20(15-28-21)13-25-22(23-2)24-12-18-6-4-5-7-19(18)14-27-3;/h4-11,15H,12-14H2,1-3H3,(H2,23,24,25);1H. The van der Waals surface area contributed by atoms with Gasteiger partial charge in [-0.3, -0.25) is 4.99 Å². The third-order valence-corrected chi connectivity index (χ3v) is 4.38. The molecule has 2 N–H and O–H groups in total. The van der Waals surface area contributed by atoms with Gasteiger partial charge in [-0.25, -0.2) is 4.98 Å². The molecule has 3 rings (SSSR count). The van der Waals surface area contributed by atoms with Crippen LogP contribution in [0.1, 0.15) is 22.4 Å². The second-order valence-corrected chi connectivity index (χ2v) is 6.49. The minimum absolute atomic E-state index is 0. The largest absolute Gasteiger partial charge is 0.444 e. The predicted molar refractivity (Wildman–Crippen MR) is 126 cm³/mol. The lowest BCUT2D eigenvalue weighted by atomic mass is 10.1. The van der Waals surface area contributed by atoms with E-state index in [-0.39, 0.29) is 24.0 Å². The Bertz CT molecular complexity index is 923. The highest BCUT2D eigenvalue weighted by Gasteiger charge is 2.08. The van der Waals surface area contributed by atoms with Crippen molar-refractivity contribution in [1.29, 1.82) is 0 Å². The number of methoxy groups -OCH3 is 1. The molecule has 0 fully saturated rings. The van der Waals surface area contributed by atoms with Crippen LogP contribution in [0.25, 0.3) is 11.5 Å². The van der Waals surface area contributed by atoms with Gasteiger partial charge in [-0.05, 0) is 30.2 Å². The fraction of sp³-hybridized carbons (Fsp3) is 0.273. The van der Waals surface area contributed by atoms with Crippen molar-refractivity contribution in [3.63, 3.8) is 0 Å². The van der Waals surface area contributed by atoms with Crippen LogP contribution >= 0.6 is 24.0 Å². The number of aromatic nitrogens is 1. The molecular weight excluding hydrogens is 479 g/mol. The number of oxazole rings is 1. The van der Waals surface area contributed by atoms with E-state index >= 15 is 0 Å². The third kappa shape index (κ3) is 6.57. The van der Waals surface area contributed by atoms with Crippen LogP contribution in [-0.4, -0.2) is 25.1 Å². The number of halogens is 1. The molecule has 0 aliphatic carbocycles. The van der Waals surface area contributed by atoms with Gasteiger partial charge in [-0.2, -0.15) is 0 Å². The molecule has 154 valence electrons. The van der Waals surface area contributed by atoms with Gasteiger partial charge in [-0.15, -0.1) is 24.0 Å². The van der Waals surface area contributed by atoms with Gasteiger partial charge in [0.25, 0.3) is 0 Å². The zero-order valence-electron chi connectivity index (χ0n) is 16.9. The summed E-state index contributed by atoms with van der Waals surface area (Å²) in [7, 11) is 3.45. The molecule has 0 unspecified atom stereocenters. The quantitative estimate of drug-likeness (QED) is 0.285. The minimum Gasteiger partial charge on any atom is -0.444 e. The zero-order chi connectivity index (χ0) is 19.8. The van der Waals surface area contributed by atoms with Crippen molar-refractivity contribution < 1.29 is 9.15 Å².